The summed E-state index contributed by atoms with van der Waals surface area (Å²) in [5.74, 6) is -7.90. The zero-order chi connectivity index (χ0) is 23.9. The van der Waals surface area contributed by atoms with Gasteiger partial charge in [0.1, 0.15) is 22.8 Å². The van der Waals surface area contributed by atoms with Gasteiger partial charge in [0.05, 0.1) is 17.2 Å². The first-order chi connectivity index (χ1) is 14.8. The van der Waals surface area contributed by atoms with Crippen LogP contribution in [0.5, 0.6) is 5.75 Å². The summed E-state index contributed by atoms with van der Waals surface area (Å²) in [5.41, 5.74) is -0.548. The highest BCUT2D eigenvalue weighted by atomic mass is 16.3. The lowest BCUT2D eigenvalue weighted by atomic mass is 9.54. The Labute approximate surface area is 182 Å². The Balaban J connectivity index is 2.05. The number of phenolic OH excluding ortho intramolecular Hbond substituents is 1. The molecular weight excluding hydrogens is 420 g/mol. The van der Waals surface area contributed by atoms with Crippen LogP contribution in [-0.4, -0.2) is 73.6 Å². The summed E-state index contributed by atoms with van der Waals surface area (Å²) in [5, 5.41) is 54.9. The second-order valence-electron chi connectivity index (χ2n) is 8.96. The van der Waals surface area contributed by atoms with Crippen LogP contribution < -0.4 is 5.73 Å². The number of fused-ring (bicyclic) bond motifs is 3. The van der Waals surface area contributed by atoms with Crippen LogP contribution in [0.4, 0.5) is 0 Å². The van der Waals surface area contributed by atoms with Gasteiger partial charge in [0.2, 0.25) is 5.78 Å². The van der Waals surface area contributed by atoms with E-state index in [0.29, 0.717) is 0 Å². The number of nitrogens with two attached hydrogens (primary N) is 1. The fourth-order valence-corrected chi connectivity index (χ4v) is 5.50. The first-order valence-corrected chi connectivity index (χ1v) is 9.97. The van der Waals surface area contributed by atoms with Crippen molar-refractivity contribution in [1.29, 1.82) is 0 Å². The van der Waals surface area contributed by atoms with Crippen molar-refractivity contribution in [3.8, 4) is 5.75 Å². The maximum absolute atomic E-state index is 13.7. The Bertz CT molecular complexity index is 1150. The van der Waals surface area contributed by atoms with Gasteiger partial charge in [-0.1, -0.05) is 12.1 Å². The zero-order valence-corrected chi connectivity index (χ0v) is 17.7. The Kier molecular flexibility index (Phi) is 4.57. The number of likely N-dealkylation sites (N-methyl/N-ethyl adjacent to an activating group) is 1. The number of aliphatic hydroxyl groups is 4. The van der Waals surface area contributed by atoms with Gasteiger partial charge in [-0.2, -0.15) is 0 Å². The molecule has 1 aromatic carbocycles. The van der Waals surface area contributed by atoms with E-state index < -0.39 is 75.0 Å². The van der Waals surface area contributed by atoms with Gasteiger partial charge in [-0.25, -0.2) is 0 Å². The van der Waals surface area contributed by atoms with Crippen molar-refractivity contribution in [2.75, 3.05) is 14.1 Å². The van der Waals surface area contributed by atoms with Crippen molar-refractivity contribution in [2.24, 2.45) is 17.6 Å². The summed E-state index contributed by atoms with van der Waals surface area (Å²) in [6.07, 6.45) is -0.200. The van der Waals surface area contributed by atoms with E-state index in [0.717, 1.165) is 0 Å². The molecule has 3 aliphatic carbocycles. The molecule has 1 saturated carbocycles. The van der Waals surface area contributed by atoms with Crippen LogP contribution in [0.1, 0.15) is 24.5 Å². The summed E-state index contributed by atoms with van der Waals surface area (Å²) in [6.45, 7) is 1.40. The molecule has 1 aromatic rings. The number of hydrogen-bond donors (Lipinski definition) is 6. The molecule has 3 aliphatic rings. The molecule has 4 rings (SSSR count). The molecule has 10 nitrogen and oxygen atoms in total. The third-order valence-corrected chi connectivity index (χ3v) is 7.02. The lowest BCUT2D eigenvalue weighted by Gasteiger charge is -2.53. The third kappa shape index (κ3) is 2.48. The molecule has 0 spiro atoms. The number of carbonyl (C=O) groups is 3. The fraction of sp³-hybridized carbons (Fsp3) is 0.409. The highest BCUT2D eigenvalue weighted by Crippen LogP contribution is 2.57. The van der Waals surface area contributed by atoms with Crippen LogP contribution in [0.15, 0.2) is 35.1 Å². The van der Waals surface area contributed by atoms with Crippen molar-refractivity contribution >= 4 is 23.2 Å². The third-order valence-electron chi connectivity index (χ3n) is 7.02. The number of ketones is 2. The van der Waals surface area contributed by atoms with Crippen LogP contribution in [0.2, 0.25) is 0 Å². The SMILES string of the molecule is CN(C)[C@H]1C(=O)C(C(N)=O)=C(O)[C@@]2(O)C(=O)C3=C(O)c4c(O)cccc4[C@](C)(O)[C@H]3C[C@@H]12. The molecule has 1 amide bonds. The van der Waals surface area contributed by atoms with E-state index in [2.05, 4.69) is 0 Å². The first kappa shape index (κ1) is 22.0. The number of benzene rings is 1. The highest BCUT2D eigenvalue weighted by Gasteiger charge is 2.66. The van der Waals surface area contributed by atoms with Gasteiger partial charge >= 0.3 is 0 Å². The van der Waals surface area contributed by atoms with Gasteiger partial charge in [-0.05, 0) is 39.1 Å². The number of aromatic hydroxyl groups is 1. The predicted octanol–water partition coefficient (Wildman–Crippen LogP) is -0.371. The number of carbonyl (C=O) groups excluding carboxylic acids is 3. The molecule has 10 heteroatoms. The lowest BCUT2D eigenvalue weighted by Crippen LogP contribution is -2.67. The highest BCUT2D eigenvalue weighted by molar-refractivity contribution is 6.24. The summed E-state index contributed by atoms with van der Waals surface area (Å²) < 4.78 is 0. The molecule has 0 bridgehead atoms. The minimum absolute atomic E-state index is 0.170. The summed E-state index contributed by atoms with van der Waals surface area (Å²) in [4.78, 5) is 40.0. The maximum atomic E-state index is 13.7. The van der Waals surface area contributed by atoms with Gasteiger partial charge in [0.15, 0.2) is 11.4 Å². The molecule has 0 heterocycles. The average molecular weight is 444 g/mol. The smallest absolute Gasteiger partial charge is 0.255 e. The van der Waals surface area contributed by atoms with Crippen LogP contribution in [0.3, 0.4) is 0 Å². The van der Waals surface area contributed by atoms with E-state index in [1.54, 1.807) is 0 Å². The zero-order valence-electron chi connectivity index (χ0n) is 17.7. The Hall–Kier alpha value is -3.21. The van der Waals surface area contributed by atoms with Crippen LogP contribution in [-0.2, 0) is 20.0 Å². The molecule has 0 radical (unpaired) electrons. The van der Waals surface area contributed by atoms with E-state index >= 15 is 0 Å². The number of phenols is 1. The number of nitrogens with zero attached hydrogens (tertiary/aromatic N) is 1. The molecular formula is C22H24N2O8. The topological polar surface area (TPSA) is 182 Å². The van der Waals surface area contributed by atoms with Crippen LogP contribution in [0, 0.1) is 11.8 Å². The molecule has 1 fully saturated rings. The van der Waals surface area contributed by atoms with Crippen LogP contribution in [0.25, 0.3) is 5.76 Å². The fourth-order valence-electron chi connectivity index (χ4n) is 5.50. The van der Waals surface area contributed by atoms with Crippen molar-refractivity contribution in [3.05, 3.63) is 46.2 Å². The maximum Gasteiger partial charge on any atom is 0.255 e. The second kappa shape index (κ2) is 6.64. The van der Waals surface area contributed by atoms with Gasteiger partial charge in [-0.15, -0.1) is 0 Å². The van der Waals surface area contributed by atoms with Crippen molar-refractivity contribution in [3.63, 3.8) is 0 Å². The molecule has 0 saturated heterocycles. The van der Waals surface area contributed by atoms with E-state index in [4.69, 9.17) is 5.73 Å². The molecule has 170 valence electrons. The predicted molar refractivity (Wildman–Crippen MR) is 110 cm³/mol. The number of aliphatic hydroxyl groups excluding tert-OH is 2. The molecule has 5 atom stereocenters. The minimum Gasteiger partial charge on any atom is -0.508 e. The van der Waals surface area contributed by atoms with Gasteiger partial charge in [0, 0.05) is 17.4 Å². The van der Waals surface area contributed by atoms with Crippen LogP contribution >= 0.6 is 0 Å². The molecule has 0 aromatic heterocycles. The van der Waals surface area contributed by atoms with Crippen molar-refractivity contribution < 1.29 is 39.9 Å². The summed E-state index contributed by atoms with van der Waals surface area (Å²) in [7, 11) is 3.01. The summed E-state index contributed by atoms with van der Waals surface area (Å²) in [6, 6.07) is 3.02. The van der Waals surface area contributed by atoms with Gasteiger partial charge < -0.3 is 31.3 Å². The van der Waals surface area contributed by atoms with Crippen molar-refractivity contribution in [2.45, 2.75) is 30.6 Å². The monoisotopic (exact) mass is 444 g/mol. The minimum atomic E-state index is -2.75. The van der Waals surface area contributed by atoms with E-state index in [-0.39, 0.29) is 17.5 Å². The lowest BCUT2D eigenvalue weighted by molar-refractivity contribution is -0.159. The first-order valence-electron chi connectivity index (χ1n) is 9.97. The van der Waals surface area contributed by atoms with Crippen molar-refractivity contribution in [1.82, 2.24) is 4.90 Å². The molecule has 0 unspecified atom stereocenters. The Morgan fingerprint density at radius 3 is 2.34 bits per heavy atom. The quantitative estimate of drug-likeness (QED) is 0.332. The Morgan fingerprint density at radius 2 is 1.78 bits per heavy atom. The second-order valence-corrected chi connectivity index (χ2v) is 8.96. The molecule has 0 aliphatic heterocycles. The number of rotatable bonds is 2. The molecule has 7 N–H and O–H groups in total. The number of Topliss-reactive ketones (excluding diaryl/α,β-unsaturated/α-hetero) is 2. The van der Waals surface area contributed by atoms with Gasteiger partial charge in [0.25, 0.3) is 5.91 Å². The largest absolute Gasteiger partial charge is 0.508 e. The van der Waals surface area contributed by atoms with E-state index in [1.165, 1.54) is 44.1 Å². The number of amides is 1. The number of primary amides is 1. The standard InChI is InChI=1S/C22H24N2O8/c1-21(31)8-5-4-6-11(25)12(8)16(26)13-9(21)7-10-15(24(2)3)17(27)14(20(23)30)19(29)22(10,32)18(13)28/h4-6,9-10,15,25-26,29,31-32H,7H2,1-3H3,(H2,23,30)/t9-,10-,15+,21-,22-/m0/s1. The average Bonchev–Trinajstić information content (AvgIpc) is 2.68. The van der Waals surface area contributed by atoms with E-state index in [1.807, 2.05) is 0 Å². The number of hydrogen-bond acceptors (Lipinski definition) is 9. The molecule has 32 heavy (non-hydrogen) atoms. The van der Waals surface area contributed by atoms with E-state index in [9.17, 15) is 39.9 Å². The normalized spacial score (nSPS) is 34.4. The Morgan fingerprint density at radius 1 is 1.16 bits per heavy atom. The summed E-state index contributed by atoms with van der Waals surface area (Å²) >= 11 is 0. The van der Waals surface area contributed by atoms with Gasteiger partial charge in [-0.3, -0.25) is 19.3 Å².